The summed E-state index contributed by atoms with van der Waals surface area (Å²) in [7, 11) is 0. The van der Waals surface area contributed by atoms with Crippen molar-refractivity contribution >= 4 is 17.4 Å². The zero-order valence-electron chi connectivity index (χ0n) is 12.2. The molecule has 0 aromatic heterocycles. The third-order valence-corrected chi connectivity index (χ3v) is 3.94. The maximum absolute atomic E-state index is 12.7. The molecule has 0 amide bonds. The van der Waals surface area contributed by atoms with E-state index in [1.165, 1.54) is 0 Å². The Bertz CT molecular complexity index is 497. The number of aryl methyl sites for hydroxylation is 1. The number of hydrogen-bond donors (Lipinski definition) is 0. The van der Waals surface area contributed by atoms with Crippen molar-refractivity contribution in [3.05, 3.63) is 34.3 Å². The molecule has 1 aromatic carbocycles. The fourth-order valence-corrected chi connectivity index (χ4v) is 3.34. The van der Waals surface area contributed by atoms with E-state index in [0.717, 1.165) is 12.0 Å². The van der Waals surface area contributed by atoms with Crippen molar-refractivity contribution < 1.29 is 9.53 Å². The number of ketones is 1. The Morgan fingerprint density at radius 1 is 1.26 bits per heavy atom. The molecule has 104 valence electrons. The standard InChI is InChI=1S/C16H21ClO2/c1-10-6-11(8-12(17)7-10)14(18)13-9-15(2,3)19-16(13,4)5/h6-8,13H,9H2,1-5H3. The van der Waals surface area contributed by atoms with Crippen LogP contribution < -0.4 is 0 Å². The molecule has 1 fully saturated rings. The quantitative estimate of drug-likeness (QED) is 0.750. The number of halogens is 1. The second-order valence-corrected chi connectivity index (χ2v) is 7.04. The average Bonchev–Trinajstić information content (AvgIpc) is 2.44. The number of carbonyl (C=O) groups is 1. The van der Waals surface area contributed by atoms with Crippen LogP contribution in [0.25, 0.3) is 0 Å². The Hall–Kier alpha value is -0.860. The highest BCUT2D eigenvalue weighted by Gasteiger charge is 2.49. The van der Waals surface area contributed by atoms with Crippen molar-refractivity contribution in [2.45, 2.75) is 52.2 Å². The maximum Gasteiger partial charge on any atom is 0.168 e. The predicted molar refractivity (Wildman–Crippen MR) is 77.9 cm³/mol. The van der Waals surface area contributed by atoms with E-state index in [4.69, 9.17) is 16.3 Å². The molecule has 19 heavy (non-hydrogen) atoms. The highest BCUT2D eigenvalue weighted by molar-refractivity contribution is 6.31. The first-order chi connectivity index (χ1) is 8.61. The summed E-state index contributed by atoms with van der Waals surface area (Å²) in [5, 5.41) is 0.610. The molecule has 1 aromatic rings. The second kappa shape index (κ2) is 4.60. The van der Waals surface area contributed by atoms with E-state index in [1.807, 2.05) is 46.8 Å². The predicted octanol–water partition coefficient (Wildman–Crippen LogP) is 4.42. The zero-order chi connectivity index (χ0) is 14.4. The van der Waals surface area contributed by atoms with Crippen molar-refractivity contribution in [3.8, 4) is 0 Å². The summed E-state index contributed by atoms with van der Waals surface area (Å²) in [4.78, 5) is 12.7. The van der Waals surface area contributed by atoms with Crippen LogP contribution in [0.3, 0.4) is 0 Å². The number of benzene rings is 1. The molecular formula is C16H21ClO2. The van der Waals surface area contributed by atoms with Gasteiger partial charge in [0.1, 0.15) is 0 Å². The Morgan fingerprint density at radius 3 is 2.37 bits per heavy atom. The van der Waals surface area contributed by atoms with Crippen LogP contribution in [0.2, 0.25) is 5.02 Å². The molecule has 1 aliphatic heterocycles. The lowest BCUT2D eigenvalue weighted by Crippen LogP contribution is -2.33. The van der Waals surface area contributed by atoms with E-state index in [2.05, 4.69) is 0 Å². The second-order valence-electron chi connectivity index (χ2n) is 6.60. The van der Waals surface area contributed by atoms with Gasteiger partial charge < -0.3 is 4.74 Å². The van der Waals surface area contributed by atoms with Crippen LogP contribution in [0.15, 0.2) is 18.2 Å². The lowest BCUT2D eigenvalue weighted by molar-refractivity contribution is -0.0712. The first kappa shape index (κ1) is 14.5. The Morgan fingerprint density at radius 2 is 1.89 bits per heavy atom. The van der Waals surface area contributed by atoms with Crippen molar-refractivity contribution in [2.75, 3.05) is 0 Å². The average molecular weight is 281 g/mol. The third kappa shape index (κ3) is 3.01. The minimum Gasteiger partial charge on any atom is -0.369 e. The Balaban J connectivity index is 2.34. The SMILES string of the molecule is Cc1cc(Cl)cc(C(=O)C2CC(C)(C)OC2(C)C)c1. The fraction of sp³-hybridized carbons (Fsp3) is 0.562. The molecule has 1 heterocycles. The van der Waals surface area contributed by atoms with Crippen LogP contribution in [-0.2, 0) is 4.74 Å². The van der Waals surface area contributed by atoms with E-state index in [1.54, 1.807) is 6.07 Å². The van der Waals surface area contributed by atoms with Gasteiger partial charge in [0.2, 0.25) is 0 Å². The van der Waals surface area contributed by atoms with Crippen LogP contribution in [0.1, 0.15) is 50.0 Å². The van der Waals surface area contributed by atoms with Gasteiger partial charge in [-0.25, -0.2) is 0 Å². The van der Waals surface area contributed by atoms with Gasteiger partial charge in [0.05, 0.1) is 17.1 Å². The number of carbonyl (C=O) groups excluding carboxylic acids is 1. The van der Waals surface area contributed by atoms with Crippen LogP contribution >= 0.6 is 11.6 Å². The van der Waals surface area contributed by atoms with Gasteiger partial charge in [0, 0.05) is 10.6 Å². The first-order valence-electron chi connectivity index (χ1n) is 6.62. The van der Waals surface area contributed by atoms with Gasteiger partial charge >= 0.3 is 0 Å². The molecule has 0 saturated carbocycles. The van der Waals surface area contributed by atoms with Gasteiger partial charge in [-0.05, 0) is 64.8 Å². The molecular weight excluding hydrogens is 260 g/mol. The van der Waals surface area contributed by atoms with E-state index < -0.39 is 5.60 Å². The van der Waals surface area contributed by atoms with Gasteiger partial charge in [-0.3, -0.25) is 4.79 Å². The largest absolute Gasteiger partial charge is 0.369 e. The molecule has 1 atom stereocenters. The number of Topliss-reactive ketones (excluding diaryl/α,β-unsaturated/α-hetero) is 1. The van der Waals surface area contributed by atoms with Crippen LogP contribution in [0.4, 0.5) is 0 Å². The molecule has 0 N–H and O–H groups in total. The van der Waals surface area contributed by atoms with E-state index in [9.17, 15) is 4.79 Å². The molecule has 2 nitrogen and oxygen atoms in total. The van der Waals surface area contributed by atoms with Crippen molar-refractivity contribution in [3.63, 3.8) is 0 Å². The molecule has 0 aliphatic carbocycles. The van der Waals surface area contributed by atoms with E-state index in [-0.39, 0.29) is 17.3 Å². The lowest BCUT2D eigenvalue weighted by atomic mass is 9.81. The summed E-state index contributed by atoms with van der Waals surface area (Å²) in [6.07, 6.45) is 0.740. The Labute approximate surface area is 120 Å². The summed E-state index contributed by atoms with van der Waals surface area (Å²) in [6.45, 7) is 9.99. The molecule has 2 rings (SSSR count). The minimum absolute atomic E-state index is 0.125. The first-order valence-corrected chi connectivity index (χ1v) is 7.00. The van der Waals surface area contributed by atoms with Gasteiger partial charge in [-0.2, -0.15) is 0 Å². The number of hydrogen-bond acceptors (Lipinski definition) is 2. The van der Waals surface area contributed by atoms with Gasteiger partial charge in [-0.1, -0.05) is 11.6 Å². The van der Waals surface area contributed by atoms with Gasteiger partial charge in [0.15, 0.2) is 5.78 Å². The van der Waals surface area contributed by atoms with E-state index in [0.29, 0.717) is 10.6 Å². The monoisotopic (exact) mass is 280 g/mol. The number of ether oxygens (including phenoxy) is 1. The minimum atomic E-state index is -0.434. The molecule has 1 aliphatic rings. The maximum atomic E-state index is 12.7. The fourth-order valence-electron chi connectivity index (χ4n) is 3.05. The van der Waals surface area contributed by atoms with Crippen LogP contribution in [-0.4, -0.2) is 17.0 Å². The third-order valence-electron chi connectivity index (χ3n) is 3.72. The summed E-state index contributed by atoms with van der Waals surface area (Å²) in [6, 6.07) is 5.51. The molecule has 1 unspecified atom stereocenters. The molecule has 1 saturated heterocycles. The zero-order valence-corrected chi connectivity index (χ0v) is 13.0. The topological polar surface area (TPSA) is 26.3 Å². The van der Waals surface area contributed by atoms with Crippen molar-refractivity contribution in [2.24, 2.45) is 5.92 Å². The normalized spacial score (nSPS) is 24.4. The summed E-state index contributed by atoms with van der Waals surface area (Å²) < 4.78 is 6.00. The Kier molecular flexibility index (Phi) is 3.53. The highest BCUT2D eigenvalue weighted by atomic mass is 35.5. The van der Waals surface area contributed by atoms with Gasteiger partial charge in [0.25, 0.3) is 0 Å². The van der Waals surface area contributed by atoms with Gasteiger partial charge in [-0.15, -0.1) is 0 Å². The molecule has 0 radical (unpaired) electrons. The highest BCUT2D eigenvalue weighted by Crippen LogP contribution is 2.43. The molecule has 3 heteroatoms. The summed E-state index contributed by atoms with van der Waals surface area (Å²) >= 11 is 6.04. The molecule has 0 spiro atoms. The smallest absolute Gasteiger partial charge is 0.168 e. The number of rotatable bonds is 2. The van der Waals surface area contributed by atoms with Crippen molar-refractivity contribution in [1.29, 1.82) is 0 Å². The van der Waals surface area contributed by atoms with Crippen LogP contribution in [0, 0.1) is 12.8 Å². The lowest BCUT2D eigenvalue weighted by Gasteiger charge is -2.26. The molecule has 0 bridgehead atoms. The van der Waals surface area contributed by atoms with E-state index >= 15 is 0 Å². The summed E-state index contributed by atoms with van der Waals surface area (Å²) in [5.74, 6) is 0.00143. The van der Waals surface area contributed by atoms with Crippen molar-refractivity contribution in [1.82, 2.24) is 0 Å². The van der Waals surface area contributed by atoms with Crippen LogP contribution in [0.5, 0.6) is 0 Å². The summed E-state index contributed by atoms with van der Waals surface area (Å²) in [5.41, 5.74) is 1.00.